The highest BCUT2D eigenvalue weighted by Gasteiger charge is 2.79. The molecule has 0 amide bonds. The van der Waals surface area contributed by atoms with Gasteiger partial charge in [-0.1, -0.05) is 204 Å². The average Bonchev–Trinajstić information content (AvgIpc) is 1.67. The van der Waals surface area contributed by atoms with E-state index in [1.54, 1.807) is 0 Å². The van der Waals surface area contributed by atoms with Gasteiger partial charge in [0.1, 0.15) is 32.2 Å². The lowest BCUT2D eigenvalue weighted by molar-refractivity contribution is -0.246. The molecule has 17 saturated carbocycles. The number of rotatable bonds is 12. The zero-order chi connectivity index (χ0) is 101. The molecule has 2 aromatic heterocycles. The molecule has 13 heteroatoms. The predicted molar refractivity (Wildman–Crippen MR) is 557 cm³/mol. The van der Waals surface area contributed by atoms with Gasteiger partial charge < -0.3 is 30.1 Å². The summed E-state index contributed by atoms with van der Waals surface area (Å²) in [5.41, 5.74) is 11.3. The van der Waals surface area contributed by atoms with E-state index in [1.165, 1.54) is 148 Å². The Bertz CT molecular complexity index is 5050. The molecular formula is C126H193N3O10. The molecule has 0 saturated heterocycles. The third-order valence-electron chi connectivity index (χ3n) is 54.3. The van der Waals surface area contributed by atoms with Crippen LogP contribution < -0.4 is 0 Å². The lowest BCUT2D eigenvalue weighted by Gasteiger charge is -2.72. The number of nitrogens with one attached hydrogen (secondary N) is 1. The van der Waals surface area contributed by atoms with E-state index < -0.39 is 0 Å². The van der Waals surface area contributed by atoms with E-state index >= 15 is 0 Å². The molecule has 2 aromatic rings. The first-order valence-electron chi connectivity index (χ1n) is 57.4. The van der Waals surface area contributed by atoms with Crippen molar-refractivity contribution in [3.8, 4) is 0 Å². The van der Waals surface area contributed by atoms with E-state index in [0.717, 1.165) is 146 Å². The Labute approximate surface area is 841 Å². The lowest BCUT2D eigenvalue weighted by atomic mass is 9.32. The monoisotopic (exact) mass is 1910 g/mol. The molecule has 37 atom stereocenters. The van der Waals surface area contributed by atoms with Gasteiger partial charge in [-0.3, -0.25) is 24.3 Å². The Morgan fingerprint density at radius 1 is 0.345 bits per heavy atom. The molecule has 2 heterocycles. The van der Waals surface area contributed by atoms with Crippen LogP contribution in [0.4, 0.5) is 0 Å². The van der Waals surface area contributed by atoms with Crippen molar-refractivity contribution >= 4 is 23.1 Å². The first-order chi connectivity index (χ1) is 64.9. The van der Waals surface area contributed by atoms with E-state index in [0.29, 0.717) is 117 Å². The minimum atomic E-state index is -0.336. The molecule has 20 aliphatic rings. The SMILES string of the molecule is C=C(C)[C@@H]1CC[C@]2(C(=O)CO)CC[C@]3(C)[C@H](CC[C@@H]4[C@@]5(C)CC=CC(C)(C)[C@@H]5CC[C@]43C)[C@@H]12.C=C(C)[C@@H]1CC[C@]2(C(=O)CO)CC[C@]3(C)[C@H](CC[C@@H]4[C@@]5(C)CC[C@H](O)C(C)(C)[C@@H]5CC[C@]43C)[C@@H]12.C=C(C)[C@@H]1CC[C@]2(C(=O)CO)CC[C@]3(C)[C@H](CC[C@@H]4[C@@]5(C)Cc6cn[nH]c6C(C)(C)[C@@H]5CC[C@]43C)[C@@H]12.C=C(C)[C@@H]1CC[C@]2(C(=O)CO)CC[C@]3(C)[C@H](CC[C@@H]4[C@@]5(C)Cc6cnoc6C(C)(C)[C@@H]5CC[C@]43C)[C@@H]12. The zero-order valence-corrected chi connectivity index (χ0v) is 91.9. The molecular weight excluding hydrogens is 1720 g/mol. The number of aliphatic hydroxyl groups excluding tert-OH is 5. The summed E-state index contributed by atoms with van der Waals surface area (Å²) in [5.74, 6) is 12.2. The summed E-state index contributed by atoms with van der Waals surface area (Å²) in [5, 5.41) is 63.1. The third-order valence-corrected chi connectivity index (χ3v) is 54.3. The van der Waals surface area contributed by atoms with Crippen molar-refractivity contribution in [2.75, 3.05) is 26.4 Å². The van der Waals surface area contributed by atoms with Crippen LogP contribution in [0.15, 0.2) is 77.7 Å². The highest BCUT2D eigenvalue weighted by molar-refractivity contribution is 5.89. The van der Waals surface area contributed by atoms with Gasteiger partial charge >= 0.3 is 0 Å². The van der Waals surface area contributed by atoms with Gasteiger partial charge in [-0.05, 0) is 465 Å². The van der Waals surface area contributed by atoms with Crippen LogP contribution in [0.5, 0.6) is 0 Å². The number of nitrogens with zero attached hydrogens (tertiary/aromatic N) is 2. The van der Waals surface area contributed by atoms with Crippen LogP contribution in [0.25, 0.3) is 0 Å². The van der Waals surface area contributed by atoms with Crippen LogP contribution in [-0.4, -0.2) is 96.6 Å². The summed E-state index contributed by atoms with van der Waals surface area (Å²) in [6.07, 6.45) is 50.8. The molecule has 17 fully saturated rings. The molecule has 0 aliphatic heterocycles. The molecule has 0 bridgehead atoms. The van der Waals surface area contributed by atoms with Crippen molar-refractivity contribution in [3.05, 3.63) is 95.7 Å². The maximum absolute atomic E-state index is 13.4. The van der Waals surface area contributed by atoms with E-state index in [1.807, 2.05) is 6.20 Å². The smallest absolute Gasteiger partial charge is 0.164 e. The Balaban J connectivity index is 0.000000118. The molecule has 0 radical (unpaired) electrons. The maximum Gasteiger partial charge on any atom is 0.164 e. The number of allylic oxidation sites excluding steroid dienone is 6. The zero-order valence-electron chi connectivity index (χ0n) is 91.9. The first kappa shape index (κ1) is 103. The number of aromatic amines is 1. The number of fused-ring (bicyclic) bond motifs is 30. The minimum absolute atomic E-state index is 0.00365. The second-order valence-electron chi connectivity index (χ2n) is 59.2. The summed E-state index contributed by atoms with van der Waals surface area (Å²) in [6.45, 7) is 75.8. The fraction of sp³-hybridized carbons (Fsp3) is 0.841. The number of hydrogen-bond acceptors (Lipinski definition) is 12. The van der Waals surface area contributed by atoms with Gasteiger partial charge in [0, 0.05) is 43.7 Å². The number of hydrogen-bond donors (Lipinski definition) is 6. The van der Waals surface area contributed by atoms with Crippen molar-refractivity contribution in [1.29, 1.82) is 0 Å². The largest absolute Gasteiger partial charge is 0.393 e. The number of Topliss-reactive ketones (excluding diaryl/α,β-unsaturated/α-hetero) is 4. The van der Waals surface area contributed by atoms with E-state index in [4.69, 9.17) is 4.52 Å². The van der Waals surface area contributed by atoms with Gasteiger partial charge in [0.25, 0.3) is 0 Å². The number of ketones is 4. The fourth-order valence-corrected chi connectivity index (χ4v) is 47.4. The molecule has 772 valence electrons. The van der Waals surface area contributed by atoms with E-state index in [2.05, 4.69) is 226 Å². The van der Waals surface area contributed by atoms with Crippen LogP contribution in [-0.2, 0) is 42.8 Å². The Morgan fingerprint density at radius 3 is 1.02 bits per heavy atom. The van der Waals surface area contributed by atoms with Gasteiger partial charge in [-0.2, -0.15) is 5.10 Å². The predicted octanol–water partition coefficient (Wildman–Crippen LogP) is 27.5. The number of carbonyl (C=O) groups excluding carboxylic acids is 4. The summed E-state index contributed by atoms with van der Waals surface area (Å²) in [4.78, 5) is 53.4. The van der Waals surface area contributed by atoms with Gasteiger partial charge in [-0.15, -0.1) is 0 Å². The van der Waals surface area contributed by atoms with Gasteiger partial charge in [-0.25, -0.2) is 0 Å². The molecule has 13 nitrogen and oxygen atoms in total. The summed E-state index contributed by atoms with van der Waals surface area (Å²) < 4.78 is 5.85. The molecule has 22 rings (SSSR count). The van der Waals surface area contributed by atoms with Crippen molar-refractivity contribution in [2.24, 2.45) is 216 Å². The molecule has 6 N–H and O–H groups in total. The Hall–Kier alpha value is -4.40. The Morgan fingerprint density at radius 2 is 0.669 bits per heavy atom. The Kier molecular flexibility index (Phi) is 25.1. The third kappa shape index (κ3) is 13.5. The second-order valence-corrected chi connectivity index (χ2v) is 59.2. The summed E-state index contributed by atoms with van der Waals surface area (Å²) in [7, 11) is 0. The molecule has 20 aliphatic carbocycles. The normalized spacial score (nSPS) is 50.8. The van der Waals surface area contributed by atoms with Crippen molar-refractivity contribution in [3.63, 3.8) is 0 Å². The van der Waals surface area contributed by atoms with Crippen LogP contribution in [0.1, 0.15) is 413 Å². The molecule has 0 unspecified atom stereocenters. The number of aromatic nitrogens is 3. The fourth-order valence-electron chi connectivity index (χ4n) is 47.4. The topological polar surface area (TPSA) is 224 Å². The average molecular weight is 1910 g/mol. The maximum atomic E-state index is 13.4. The van der Waals surface area contributed by atoms with Gasteiger partial charge in [0.2, 0.25) is 0 Å². The molecule has 0 aromatic carbocycles. The summed E-state index contributed by atoms with van der Waals surface area (Å²) >= 11 is 0. The number of aliphatic hydroxyl groups is 5. The van der Waals surface area contributed by atoms with Crippen LogP contribution in [0.2, 0.25) is 0 Å². The van der Waals surface area contributed by atoms with Crippen LogP contribution >= 0.6 is 0 Å². The molecule has 139 heavy (non-hydrogen) atoms. The highest BCUT2D eigenvalue weighted by atomic mass is 16.5. The number of H-pyrrole nitrogens is 1. The van der Waals surface area contributed by atoms with Crippen molar-refractivity contribution < 1.29 is 49.2 Å². The van der Waals surface area contributed by atoms with Crippen molar-refractivity contribution in [2.45, 2.75) is 421 Å². The second kappa shape index (κ2) is 33.8. The van der Waals surface area contributed by atoms with E-state index in [9.17, 15) is 44.7 Å². The van der Waals surface area contributed by atoms with Gasteiger partial charge in [0.05, 0.1) is 18.5 Å². The van der Waals surface area contributed by atoms with Crippen LogP contribution in [0, 0.1) is 216 Å². The van der Waals surface area contributed by atoms with Crippen LogP contribution in [0.3, 0.4) is 0 Å². The quantitative estimate of drug-likeness (QED) is 0.109. The summed E-state index contributed by atoms with van der Waals surface area (Å²) in [6, 6.07) is 0. The highest BCUT2D eigenvalue weighted by Crippen LogP contribution is 2.85. The molecule has 0 spiro atoms. The number of carbonyl (C=O) groups is 4. The standard InChI is InChI=1S/C32H48N2O2.C32H47NO3.C31H50O3.C31H48O2/c1-19(2)21-10-13-32(25(36)18-35)15-14-30(6)22(26(21)32)8-9-24-29(5)16-20-17-33-34-27(20)28(3,4)23(29)11-12-31(24,30)7;1-19(2)21-10-13-32(25(35)18-34)15-14-30(6)22(26(21)32)8-9-24-29(5)16-20-17-33-36-27(20)28(3,4)23(29)11-12-31(24,30)7;1-19(2)20-10-15-31(25(34)18-32)17-16-29(6)21(26(20)31)8-9-23-28(5)13-12-24(33)27(3,4)22(28)11-14-30(23,29)7;1-20(2)21-11-16-31(25(33)19-32)18-17-29(6)22(26(21)31)9-10-24-28(5)14-8-13-27(3,4)23(28)12-15-30(24,29)7/h17,21-24,26,35H,1,8-16,18H2,2-7H3,(H,33,34);17,21-24,26,34H,1,8-16,18H2,2-7H3;20-24,26,32-33H,1,8-18H2,2-7H3;8,13,21-24,26,32H,1,9-12,14-19H2,2-7H3/t2*21-,22+,23-,24+,26+,29-,30+,31+,32+;20-,21+,22-,23+,24-,26+,28-,29+,30+,31+;21-,22+,23-,24+,26+,28-,29+,30+,31+/m0000/s1. The minimum Gasteiger partial charge on any atom is -0.393 e. The van der Waals surface area contributed by atoms with E-state index in [-0.39, 0.29) is 153 Å². The van der Waals surface area contributed by atoms with Crippen molar-refractivity contribution in [1.82, 2.24) is 15.4 Å². The van der Waals surface area contributed by atoms with Gasteiger partial charge in [0.15, 0.2) is 23.1 Å². The first-order valence-corrected chi connectivity index (χ1v) is 57.4. The lowest BCUT2D eigenvalue weighted by Crippen LogP contribution is -2.67.